The molecular formula is C25H23N5O5. The number of aryl methyl sites for hydroxylation is 1. The van der Waals surface area contributed by atoms with Gasteiger partial charge in [-0.2, -0.15) is 0 Å². The Bertz CT molecular complexity index is 1430. The first-order chi connectivity index (χ1) is 16.8. The molecule has 0 fully saturated rings. The van der Waals surface area contributed by atoms with E-state index in [9.17, 15) is 14.4 Å². The van der Waals surface area contributed by atoms with Gasteiger partial charge < -0.3 is 14.4 Å². The van der Waals surface area contributed by atoms with Crippen LogP contribution in [0.15, 0.2) is 61.1 Å². The minimum absolute atomic E-state index is 0.194. The second kappa shape index (κ2) is 9.64. The summed E-state index contributed by atoms with van der Waals surface area (Å²) in [5.74, 6) is -0.587. The van der Waals surface area contributed by atoms with Gasteiger partial charge in [-0.1, -0.05) is 12.1 Å². The Labute approximate surface area is 201 Å². The molecule has 4 rings (SSSR count). The van der Waals surface area contributed by atoms with Crippen molar-refractivity contribution in [2.45, 2.75) is 6.92 Å². The fourth-order valence-corrected chi connectivity index (χ4v) is 3.67. The first kappa shape index (κ1) is 23.4. The molecule has 0 radical (unpaired) electrons. The van der Waals surface area contributed by atoms with Crippen LogP contribution >= 0.6 is 0 Å². The number of carbonyl (C=O) groups is 3. The normalized spacial score (nSPS) is 10.6. The molecule has 2 amide bonds. The third-order valence-corrected chi connectivity index (χ3v) is 5.50. The molecule has 4 aromatic rings. The summed E-state index contributed by atoms with van der Waals surface area (Å²) in [6.45, 7) is 1.90. The lowest BCUT2D eigenvalue weighted by Gasteiger charge is -2.20. The van der Waals surface area contributed by atoms with E-state index in [1.54, 1.807) is 62.0 Å². The summed E-state index contributed by atoms with van der Waals surface area (Å²) in [6.07, 6.45) is 4.51. The van der Waals surface area contributed by atoms with Crippen LogP contribution in [0.3, 0.4) is 0 Å². The van der Waals surface area contributed by atoms with Crippen LogP contribution in [0.4, 0.5) is 16.3 Å². The van der Waals surface area contributed by atoms with Crippen LogP contribution in [0.5, 0.6) is 0 Å². The molecule has 0 aliphatic carbocycles. The number of imidazole rings is 1. The maximum atomic E-state index is 13.3. The number of pyridine rings is 2. The maximum Gasteiger partial charge on any atom is 0.412 e. The summed E-state index contributed by atoms with van der Waals surface area (Å²) >= 11 is 0. The zero-order chi connectivity index (χ0) is 25.1. The van der Waals surface area contributed by atoms with Crippen LogP contribution in [0.25, 0.3) is 16.9 Å². The quantitative estimate of drug-likeness (QED) is 0.437. The third-order valence-electron chi connectivity index (χ3n) is 5.50. The number of nitrogens with one attached hydrogen (secondary N) is 1. The highest BCUT2D eigenvalue weighted by molar-refractivity contribution is 6.12. The van der Waals surface area contributed by atoms with E-state index in [1.807, 2.05) is 17.4 Å². The Kier molecular flexibility index (Phi) is 6.45. The molecule has 0 atom stereocenters. The standard InChI is InChI=1S/C25H23N5O5/c1-15-11-17(29(2)23(31)18-7-5-6-8-19(18)24(32)34-3)14-30-20(13-27-22(15)30)16-9-10-21(26-12-16)28-25(33)35-4/h5-14H,1-4H3,(H,26,28,33). The van der Waals surface area contributed by atoms with Crippen LogP contribution in [0.2, 0.25) is 0 Å². The fourth-order valence-electron chi connectivity index (χ4n) is 3.67. The molecular weight excluding hydrogens is 450 g/mol. The van der Waals surface area contributed by atoms with Gasteiger partial charge in [0.25, 0.3) is 5.91 Å². The second-order valence-corrected chi connectivity index (χ2v) is 7.67. The van der Waals surface area contributed by atoms with E-state index >= 15 is 0 Å². The topological polar surface area (TPSA) is 115 Å². The summed E-state index contributed by atoms with van der Waals surface area (Å²) in [7, 11) is 4.19. The van der Waals surface area contributed by atoms with E-state index in [-0.39, 0.29) is 17.0 Å². The molecule has 178 valence electrons. The van der Waals surface area contributed by atoms with Gasteiger partial charge in [0.15, 0.2) is 0 Å². The first-order valence-corrected chi connectivity index (χ1v) is 10.6. The molecule has 10 heteroatoms. The lowest BCUT2D eigenvalue weighted by atomic mass is 10.1. The fraction of sp³-hybridized carbons (Fsp3) is 0.160. The van der Waals surface area contributed by atoms with Crippen molar-refractivity contribution in [1.82, 2.24) is 14.4 Å². The first-order valence-electron chi connectivity index (χ1n) is 10.6. The van der Waals surface area contributed by atoms with Crippen molar-refractivity contribution in [2.24, 2.45) is 0 Å². The summed E-state index contributed by atoms with van der Waals surface area (Å²) in [5, 5.41) is 2.51. The number of ether oxygens (including phenoxy) is 2. The van der Waals surface area contributed by atoms with Gasteiger partial charge in [0, 0.05) is 25.0 Å². The predicted octanol–water partition coefficient (Wildman–Crippen LogP) is 3.95. The predicted molar refractivity (Wildman–Crippen MR) is 130 cm³/mol. The van der Waals surface area contributed by atoms with E-state index < -0.39 is 12.1 Å². The molecule has 3 aromatic heterocycles. The molecule has 0 bridgehead atoms. The smallest absolute Gasteiger partial charge is 0.412 e. The molecule has 0 aliphatic heterocycles. The van der Waals surface area contributed by atoms with Gasteiger partial charge >= 0.3 is 12.1 Å². The summed E-state index contributed by atoms with van der Waals surface area (Å²) in [4.78, 5) is 47.1. The van der Waals surface area contributed by atoms with Crippen LogP contribution in [0.1, 0.15) is 26.3 Å². The number of hydrogen-bond donors (Lipinski definition) is 1. The van der Waals surface area contributed by atoms with Crippen molar-refractivity contribution in [2.75, 3.05) is 31.5 Å². The average molecular weight is 473 g/mol. The van der Waals surface area contributed by atoms with Crippen LogP contribution in [-0.2, 0) is 9.47 Å². The highest BCUT2D eigenvalue weighted by Gasteiger charge is 2.22. The van der Waals surface area contributed by atoms with Crippen LogP contribution in [-0.4, -0.2) is 53.6 Å². The van der Waals surface area contributed by atoms with Crippen molar-refractivity contribution in [3.63, 3.8) is 0 Å². The zero-order valence-electron chi connectivity index (χ0n) is 19.6. The van der Waals surface area contributed by atoms with E-state index in [4.69, 9.17) is 4.74 Å². The SMILES string of the molecule is COC(=O)Nc1ccc(-c2cnc3c(C)cc(N(C)C(=O)c4ccccc4C(=O)OC)cn23)cn1. The number of amides is 2. The summed E-state index contributed by atoms with van der Waals surface area (Å²) < 4.78 is 11.3. The van der Waals surface area contributed by atoms with Crippen LogP contribution in [0, 0.1) is 6.92 Å². The van der Waals surface area contributed by atoms with E-state index in [1.165, 1.54) is 19.1 Å². The van der Waals surface area contributed by atoms with Crippen molar-refractivity contribution in [3.05, 3.63) is 77.7 Å². The lowest BCUT2D eigenvalue weighted by molar-refractivity contribution is 0.0597. The van der Waals surface area contributed by atoms with Crippen molar-refractivity contribution >= 4 is 35.1 Å². The number of rotatable bonds is 5. The molecule has 0 spiro atoms. The molecule has 1 N–H and O–H groups in total. The molecule has 0 saturated heterocycles. The second-order valence-electron chi connectivity index (χ2n) is 7.67. The molecule has 35 heavy (non-hydrogen) atoms. The van der Waals surface area contributed by atoms with E-state index in [0.717, 1.165) is 22.5 Å². The van der Waals surface area contributed by atoms with Crippen molar-refractivity contribution in [3.8, 4) is 11.3 Å². The van der Waals surface area contributed by atoms with Gasteiger partial charge in [0.05, 0.1) is 42.9 Å². The Balaban J connectivity index is 1.71. The van der Waals surface area contributed by atoms with Gasteiger partial charge in [-0.05, 0) is 42.8 Å². The number of esters is 1. The number of fused-ring (bicyclic) bond motifs is 1. The molecule has 0 aliphatic rings. The molecule has 10 nitrogen and oxygen atoms in total. The Morgan fingerprint density at radius 3 is 2.37 bits per heavy atom. The molecule has 0 unspecified atom stereocenters. The monoisotopic (exact) mass is 473 g/mol. The third kappa shape index (κ3) is 4.54. The minimum Gasteiger partial charge on any atom is -0.465 e. The van der Waals surface area contributed by atoms with Gasteiger partial charge in [-0.15, -0.1) is 0 Å². The number of methoxy groups -OCH3 is 2. The minimum atomic E-state index is -0.609. The zero-order valence-corrected chi connectivity index (χ0v) is 19.6. The van der Waals surface area contributed by atoms with E-state index in [2.05, 4.69) is 20.0 Å². The highest BCUT2D eigenvalue weighted by Crippen LogP contribution is 2.27. The number of carbonyl (C=O) groups excluding carboxylic acids is 3. The van der Waals surface area contributed by atoms with Crippen LogP contribution < -0.4 is 10.2 Å². The number of anilines is 2. The van der Waals surface area contributed by atoms with E-state index in [0.29, 0.717) is 11.5 Å². The Morgan fingerprint density at radius 1 is 0.971 bits per heavy atom. The number of nitrogens with zero attached hydrogens (tertiary/aromatic N) is 4. The molecule has 3 heterocycles. The Hall–Kier alpha value is -4.73. The largest absolute Gasteiger partial charge is 0.465 e. The van der Waals surface area contributed by atoms with Gasteiger partial charge in [0.2, 0.25) is 0 Å². The number of hydrogen-bond acceptors (Lipinski definition) is 7. The van der Waals surface area contributed by atoms with Crippen molar-refractivity contribution < 1.29 is 23.9 Å². The maximum absolute atomic E-state index is 13.3. The lowest BCUT2D eigenvalue weighted by Crippen LogP contribution is -2.28. The number of benzene rings is 1. The number of aromatic nitrogens is 3. The highest BCUT2D eigenvalue weighted by atomic mass is 16.5. The van der Waals surface area contributed by atoms with Gasteiger partial charge in [-0.3, -0.25) is 14.5 Å². The Morgan fingerprint density at radius 2 is 1.71 bits per heavy atom. The van der Waals surface area contributed by atoms with Gasteiger partial charge in [0.1, 0.15) is 11.5 Å². The average Bonchev–Trinajstić information content (AvgIpc) is 3.32. The summed E-state index contributed by atoms with van der Waals surface area (Å²) in [6, 6.07) is 11.8. The molecule has 1 aromatic carbocycles. The molecule has 0 saturated carbocycles. The van der Waals surface area contributed by atoms with Gasteiger partial charge in [-0.25, -0.2) is 19.6 Å². The summed E-state index contributed by atoms with van der Waals surface area (Å²) in [5.41, 5.74) is 4.12. The van der Waals surface area contributed by atoms with Crippen molar-refractivity contribution in [1.29, 1.82) is 0 Å².